The van der Waals surface area contributed by atoms with Gasteiger partial charge in [0, 0.05) is 48.9 Å². The molecule has 2 amide bonds. The fraction of sp³-hybridized carbons (Fsp3) is 0.500. The van der Waals surface area contributed by atoms with Crippen molar-refractivity contribution >= 4 is 6.03 Å². The maximum absolute atomic E-state index is 13.0. The van der Waals surface area contributed by atoms with Gasteiger partial charge in [-0.2, -0.15) is 0 Å². The van der Waals surface area contributed by atoms with Crippen molar-refractivity contribution in [1.29, 1.82) is 0 Å². The molecule has 1 aromatic heterocycles. The number of urea groups is 1. The highest BCUT2D eigenvalue weighted by Crippen LogP contribution is 2.39. The lowest BCUT2D eigenvalue weighted by molar-refractivity contribution is 0.128. The molecule has 1 saturated heterocycles. The summed E-state index contributed by atoms with van der Waals surface area (Å²) in [6.07, 6.45) is 6.97. The maximum atomic E-state index is 13.0. The highest BCUT2D eigenvalue weighted by atomic mass is 16.2. The van der Waals surface area contributed by atoms with Crippen molar-refractivity contribution in [2.45, 2.75) is 57.0 Å². The van der Waals surface area contributed by atoms with Gasteiger partial charge in [-0.3, -0.25) is 4.79 Å². The van der Waals surface area contributed by atoms with Gasteiger partial charge in [-0.25, -0.2) is 4.79 Å². The average Bonchev–Trinajstić information content (AvgIpc) is 2.75. The predicted molar refractivity (Wildman–Crippen MR) is 114 cm³/mol. The lowest BCUT2D eigenvalue weighted by Gasteiger charge is -2.44. The SMILES string of the molecule is O=C(NC1CCCCC1)N1C[C@@H]2C[C@@H](C1)c1c(-c3ccccc3)ccc(=O)n1C2. The average molecular weight is 392 g/mol. The number of hydrogen-bond acceptors (Lipinski definition) is 2. The van der Waals surface area contributed by atoms with E-state index in [0.717, 1.165) is 42.6 Å². The molecule has 0 radical (unpaired) electrons. The van der Waals surface area contributed by atoms with Gasteiger partial charge in [0.1, 0.15) is 0 Å². The standard InChI is InChI=1S/C24H29N3O2/c28-22-12-11-21(18-7-3-1-4-8-18)23-19-13-17(15-27(22)23)14-26(16-19)24(29)25-20-9-5-2-6-10-20/h1,3-4,7-8,11-12,17,19-20H,2,5-6,9-10,13-16H2,(H,25,29)/t17-,19-/m0/s1. The highest BCUT2D eigenvalue weighted by molar-refractivity contribution is 5.75. The zero-order valence-electron chi connectivity index (χ0n) is 16.8. The second-order valence-electron chi connectivity index (χ2n) is 8.94. The summed E-state index contributed by atoms with van der Waals surface area (Å²) >= 11 is 0. The molecule has 5 rings (SSSR count). The molecule has 152 valence electrons. The van der Waals surface area contributed by atoms with Gasteiger partial charge in [0.05, 0.1) is 0 Å². The number of carbonyl (C=O) groups is 1. The Morgan fingerprint density at radius 2 is 1.72 bits per heavy atom. The molecule has 2 bridgehead atoms. The summed E-state index contributed by atoms with van der Waals surface area (Å²) in [4.78, 5) is 27.6. The molecule has 3 aliphatic rings. The molecule has 1 saturated carbocycles. The first kappa shape index (κ1) is 18.5. The molecule has 2 aromatic rings. The smallest absolute Gasteiger partial charge is 0.317 e. The Kier molecular flexibility index (Phi) is 4.90. The van der Waals surface area contributed by atoms with E-state index in [1.54, 1.807) is 6.07 Å². The second kappa shape index (κ2) is 7.69. The number of nitrogens with zero attached hydrogens (tertiary/aromatic N) is 2. The molecule has 3 heterocycles. The van der Waals surface area contributed by atoms with Crippen molar-refractivity contribution in [2.24, 2.45) is 5.92 Å². The number of amides is 2. The number of likely N-dealkylation sites (tertiary alicyclic amines) is 1. The molecule has 5 heteroatoms. The van der Waals surface area contributed by atoms with E-state index < -0.39 is 0 Å². The summed E-state index contributed by atoms with van der Waals surface area (Å²) in [6, 6.07) is 14.4. The monoisotopic (exact) mass is 391 g/mol. The first-order valence-corrected chi connectivity index (χ1v) is 11.0. The summed E-state index contributed by atoms with van der Waals surface area (Å²) in [5, 5.41) is 3.28. The molecule has 5 nitrogen and oxygen atoms in total. The van der Waals surface area contributed by atoms with Crippen molar-refractivity contribution in [1.82, 2.24) is 14.8 Å². The normalized spacial score (nSPS) is 24.1. The van der Waals surface area contributed by atoms with Crippen LogP contribution in [0.4, 0.5) is 4.79 Å². The molecule has 1 aromatic carbocycles. The Bertz CT molecular complexity index is 946. The molecule has 1 N–H and O–H groups in total. The molecule has 2 atom stereocenters. The van der Waals surface area contributed by atoms with Gasteiger partial charge in [0.25, 0.3) is 5.56 Å². The zero-order chi connectivity index (χ0) is 19.8. The van der Waals surface area contributed by atoms with E-state index in [1.165, 1.54) is 19.3 Å². The molecule has 1 aliphatic carbocycles. The first-order chi connectivity index (χ1) is 14.2. The molecular weight excluding hydrogens is 362 g/mol. The maximum Gasteiger partial charge on any atom is 0.317 e. The van der Waals surface area contributed by atoms with Crippen LogP contribution in [0.1, 0.15) is 50.1 Å². The second-order valence-corrected chi connectivity index (χ2v) is 8.94. The van der Waals surface area contributed by atoms with Crippen LogP contribution >= 0.6 is 0 Å². The highest BCUT2D eigenvalue weighted by Gasteiger charge is 2.38. The minimum Gasteiger partial charge on any atom is -0.335 e. The number of carbonyl (C=O) groups excluding carboxylic acids is 1. The third-order valence-corrected chi connectivity index (χ3v) is 6.89. The van der Waals surface area contributed by atoms with Gasteiger partial charge >= 0.3 is 6.03 Å². The van der Waals surface area contributed by atoms with E-state index >= 15 is 0 Å². The molecule has 29 heavy (non-hydrogen) atoms. The van der Waals surface area contributed by atoms with Crippen LogP contribution in [0.5, 0.6) is 0 Å². The van der Waals surface area contributed by atoms with Crippen LogP contribution in [0.2, 0.25) is 0 Å². The molecular formula is C24H29N3O2. The third-order valence-electron chi connectivity index (χ3n) is 6.89. The van der Waals surface area contributed by atoms with Crippen molar-refractivity contribution < 1.29 is 4.79 Å². The Morgan fingerprint density at radius 3 is 2.52 bits per heavy atom. The van der Waals surface area contributed by atoms with E-state index in [1.807, 2.05) is 33.7 Å². The molecule has 2 aliphatic heterocycles. The number of fused-ring (bicyclic) bond motifs is 4. The minimum absolute atomic E-state index is 0.0782. The van der Waals surface area contributed by atoms with Gasteiger partial charge in [0.15, 0.2) is 0 Å². The lowest BCUT2D eigenvalue weighted by Crippen LogP contribution is -2.53. The third kappa shape index (κ3) is 3.59. The van der Waals surface area contributed by atoms with Crippen LogP contribution in [0.25, 0.3) is 11.1 Å². The quantitative estimate of drug-likeness (QED) is 0.842. The van der Waals surface area contributed by atoms with Crippen LogP contribution < -0.4 is 10.9 Å². The Morgan fingerprint density at radius 1 is 0.931 bits per heavy atom. The fourth-order valence-corrected chi connectivity index (χ4v) is 5.56. The largest absolute Gasteiger partial charge is 0.335 e. The van der Waals surface area contributed by atoms with Crippen LogP contribution in [0.15, 0.2) is 47.3 Å². The summed E-state index contributed by atoms with van der Waals surface area (Å²) in [5.41, 5.74) is 3.45. The number of nitrogens with one attached hydrogen (secondary N) is 1. The topological polar surface area (TPSA) is 54.3 Å². The summed E-state index contributed by atoms with van der Waals surface area (Å²) < 4.78 is 1.97. The van der Waals surface area contributed by atoms with Gasteiger partial charge in [-0.1, -0.05) is 49.6 Å². The molecule has 2 fully saturated rings. The van der Waals surface area contributed by atoms with Crippen LogP contribution in [0, 0.1) is 5.92 Å². The van der Waals surface area contributed by atoms with Crippen molar-refractivity contribution in [3.8, 4) is 11.1 Å². The minimum atomic E-state index is 0.0782. The van der Waals surface area contributed by atoms with Crippen molar-refractivity contribution in [3.63, 3.8) is 0 Å². The van der Waals surface area contributed by atoms with Crippen molar-refractivity contribution in [2.75, 3.05) is 13.1 Å². The summed E-state index contributed by atoms with van der Waals surface area (Å²) in [7, 11) is 0. The number of rotatable bonds is 2. The number of benzene rings is 1. The van der Waals surface area contributed by atoms with Gasteiger partial charge in [0.2, 0.25) is 0 Å². The Hall–Kier alpha value is -2.56. The van der Waals surface area contributed by atoms with E-state index in [2.05, 4.69) is 17.4 Å². The number of pyridine rings is 1. The van der Waals surface area contributed by atoms with Crippen LogP contribution in [-0.2, 0) is 6.54 Å². The van der Waals surface area contributed by atoms with Crippen LogP contribution in [0.3, 0.4) is 0 Å². The van der Waals surface area contributed by atoms with E-state index in [0.29, 0.717) is 25.0 Å². The number of hydrogen-bond donors (Lipinski definition) is 1. The zero-order valence-corrected chi connectivity index (χ0v) is 16.8. The van der Waals surface area contributed by atoms with Crippen LogP contribution in [-0.4, -0.2) is 34.6 Å². The van der Waals surface area contributed by atoms with Crippen molar-refractivity contribution in [3.05, 3.63) is 58.5 Å². The lowest BCUT2D eigenvalue weighted by atomic mass is 9.80. The summed E-state index contributed by atoms with van der Waals surface area (Å²) in [6.45, 7) is 2.15. The first-order valence-electron chi connectivity index (χ1n) is 11.0. The fourth-order valence-electron chi connectivity index (χ4n) is 5.56. The van der Waals surface area contributed by atoms with Gasteiger partial charge in [-0.05, 0) is 36.8 Å². The van der Waals surface area contributed by atoms with E-state index in [-0.39, 0.29) is 17.5 Å². The van der Waals surface area contributed by atoms with Gasteiger partial charge in [-0.15, -0.1) is 0 Å². The number of piperidine rings is 1. The van der Waals surface area contributed by atoms with Gasteiger partial charge < -0.3 is 14.8 Å². The van der Waals surface area contributed by atoms with E-state index in [9.17, 15) is 9.59 Å². The Labute approximate surface area is 171 Å². The van der Waals surface area contributed by atoms with E-state index in [4.69, 9.17) is 0 Å². The summed E-state index contributed by atoms with van der Waals surface area (Å²) in [5.74, 6) is 0.561. The molecule has 0 spiro atoms. The Balaban J connectivity index is 1.43. The number of aromatic nitrogens is 1. The predicted octanol–water partition coefficient (Wildman–Crippen LogP) is 3.98. The molecule has 0 unspecified atom stereocenters.